The summed E-state index contributed by atoms with van der Waals surface area (Å²) in [5.74, 6) is -0.492. The minimum Gasteiger partial charge on any atom is -0.478 e. The second kappa shape index (κ2) is 9.20. The largest absolute Gasteiger partial charge is 0.478 e. The third-order valence-corrected chi connectivity index (χ3v) is 5.72. The zero-order valence-corrected chi connectivity index (χ0v) is 18.1. The molecule has 1 aromatic heterocycles. The third kappa shape index (κ3) is 5.71. The predicted molar refractivity (Wildman–Crippen MR) is 116 cm³/mol. The van der Waals surface area contributed by atoms with Crippen LogP contribution in [0.2, 0.25) is 5.02 Å². The van der Waals surface area contributed by atoms with Crippen molar-refractivity contribution >= 4 is 35.3 Å². The fourth-order valence-electron chi connectivity index (χ4n) is 2.97. The summed E-state index contributed by atoms with van der Waals surface area (Å²) in [4.78, 5) is 16.2. The van der Waals surface area contributed by atoms with E-state index in [0.29, 0.717) is 21.3 Å². The number of pyridine rings is 1. The van der Waals surface area contributed by atoms with E-state index < -0.39 is 17.7 Å². The summed E-state index contributed by atoms with van der Waals surface area (Å²) < 4.78 is 41.8. The van der Waals surface area contributed by atoms with Crippen LogP contribution < -0.4 is 4.31 Å². The maximum atomic E-state index is 13.4. The van der Waals surface area contributed by atoms with Crippen LogP contribution in [0.4, 0.5) is 19.0 Å². The standard InChI is InChI=1S/C22H18ClF3N2O2S/c1-13-3-4-15(10-19(13)22(24,25)26)12-28(20-14(2)9-17(23)11-27-20)31-18-7-5-16(6-8-18)21(29)30/h3-11H,12H2,1-2H3,(H,29,30). The van der Waals surface area contributed by atoms with Crippen LogP contribution in [0.1, 0.15) is 32.6 Å². The van der Waals surface area contributed by atoms with E-state index in [1.54, 1.807) is 28.6 Å². The van der Waals surface area contributed by atoms with Crippen molar-refractivity contribution in [2.45, 2.75) is 31.5 Å². The lowest BCUT2D eigenvalue weighted by Gasteiger charge is -2.25. The highest BCUT2D eigenvalue weighted by Gasteiger charge is 2.32. The Kier molecular flexibility index (Phi) is 6.81. The Bertz CT molecular complexity index is 1100. The molecule has 0 spiro atoms. The first-order chi connectivity index (χ1) is 14.5. The van der Waals surface area contributed by atoms with Crippen LogP contribution in [0.15, 0.2) is 59.6 Å². The van der Waals surface area contributed by atoms with Gasteiger partial charge < -0.3 is 5.11 Å². The molecule has 0 unspecified atom stereocenters. The molecule has 0 aliphatic carbocycles. The number of carbonyl (C=O) groups is 1. The summed E-state index contributed by atoms with van der Waals surface area (Å²) in [6, 6.07) is 12.2. The molecule has 0 bridgehead atoms. The smallest absolute Gasteiger partial charge is 0.416 e. The Labute approximate surface area is 186 Å². The van der Waals surface area contributed by atoms with Crippen LogP contribution in [0.3, 0.4) is 0 Å². The third-order valence-electron chi connectivity index (χ3n) is 4.50. The Balaban J connectivity index is 1.97. The van der Waals surface area contributed by atoms with Crippen molar-refractivity contribution in [2.24, 2.45) is 0 Å². The number of aromatic carboxylic acids is 1. The number of benzene rings is 2. The highest BCUT2D eigenvalue weighted by Crippen LogP contribution is 2.35. The van der Waals surface area contributed by atoms with Gasteiger partial charge in [-0.3, -0.25) is 4.31 Å². The van der Waals surface area contributed by atoms with Crippen molar-refractivity contribution in [1.29, 1.82) is 0 Å². The Morgan fingerprint density at radius 1 is 1.10 bits per heavy atom. The zero-order chi connectivity index (χ0) is 22.8. The monoisotopic (exact) mass is 466 g/mol. The molecule has 1 heterocycles. The van der Waals surface area contributed by atoms with Crippen LogP contribution in [0.5, 0.6) is 0 Å². The number of halogens is 4. The molecule has 0 aliphatic rings. The quantitative estimate of drug-likeness (QED) is 0.406. The summed E-state index contributed by atoms with van der Waals surface area (Å²) in [5, 5.41) is 9.53. The highest BCUT2D eigenvalue weighted by molar-refractivity contribution is 8.00. The van der Waals surface area contributed by atoms with Crippen molar-refractivity contribution in [2.75, 3.05) is 4.31 Å². The van der Waals surface area contributed by atoms with Crippen molar-refractivity contribution in [3.05, 3.63) is 87.6 Å². The predicted octanol–water partition coefficient (Wildman–Crippen LogP) is 6.78. The van der Waals surface area contributed by atoms with Gasteiger partial charge in [-0.15, -0.1) is 0 Å². The van der Waals surface area contributed by atoms with E-state index in [4.69, 9.17) is 16.7 Å². The number of hydrogen-bond acceptors (Lipinski definition) is 4. The number of aromatic nitrogens is 1. The van der Waals surface area contributed by atoms with E-state index in [1.807, 2.05) is 6.92 Å². The molecular weight excluding hydrogens is 449 g/mol. The minimum absolute atomic E-state index is 0.143. The number of alkyl halides is 3. The lowest BCUT2D eigenvalue weighted by Crippen LogP contribution is -2.17. The van der Waals surface area contributed by atoms with Gasteiger partial charge in [0, 0.05) is 11.1 Å². The summed E-state index contributed by atoms with van der Waals surface area (Å²) in [5.41, 5.74) is 0.834. The molecule has 2 aromatic carbocycles. The molecule has 0 fully saturated rings. The van der Waals surface area contributed by atoms with Crippen LogP contribution in [0, 0.1) is 13.8 Å². The molecule has 0 saturated carbocycles. The van der Waals surface area contributed by atoms with E-state index >= 15 is 0 Å². The second-order valence-corrected chi connectivity index (χ2v) is 8.43. The van der Waals surface area contributed by atoms with Crippen LogP contribution in [-0.2, 0) is 12.7 Å². The summed E-state index contributed by atoms with van der Waals surface area (Å²) in [6.07, 6.45) is -2.97. The fourth-order valence-corrected chi connectivity index (χ4v) is 4.19. The van der Waals surface area contributed by atoms with Crippen LogP contribution in [0.25, 0.3) is 0 Å². The first-order valence-electron chi connectivity index (χ1n) is 9.12. The molecule has 0 aliphatic heterocycles. The molecule has 4 nitrogen and oxygen atoms in total. The van der Waals surface area contributed by atoms with Crippen molar-refractivity contribution in [1.82, 2.24) is 4.98 Å². The van der Waals surface area contributed by atoms with Gasteiger partial charge in [-0.05, 0) is 78.9 Å². The van der Waals surface area contributed by atoms with E-state index in [-0.39, 0.29) is 17.7 Å². The lowest BCUT2D eigenvalue weighted by atomic mass is 10.0. The molecular formula is C22H18ClF3N2O2S. The molecule has 9 heteroatoms. The molecule has 1 N–H and O–H groups in total. The Hall–Kier alpha value is -2.71. The van der Waals surface area contributed by atoms with Gasteiger partial charge in [-0.2, -0.15) is 13.2 Å². The summed E-state index contributed by atoms with van der Waals surface area (Å²) in [7, 11) is 0. The van der Waals surface area contributed by atoms with Crippen molar-refractivity contribution < 1.29 is 23.1 Å². The SMILES string of the molecule is Cc1ccc(CN(Sc2ccc(C(=O)O)cc2)c2ncc(Cl)cc2C)cc1C(F)(F)F. The molecule has 3 rings (SSSR count). The average molecular weight is 467 g/mol. The van der Waals surface area contributed by atoms with E-state index in [9.17, 15) is 18.0 Å². The van der Waals surface area contributed by atoms with Gasteiger partial charge in [-0.1, -0.05) is 23.7 Å². The van der Waals surface area contributed by atoms with Crippen LogP contribution in [-0.4, -0.2) is 16.1 Å². The highest BCUT2D eigenvalue weighted by atomic mass is 35.5. The Morgan fingerprint density at radius 2 is 1.77 bits per heavy atom. The van der Waals surface area contributed by atoms with Crippen molar-refractivity contribution in [3.63, 3.8) is 0 Å². The maximum Gasteiger partial charge on any atom is 0.416 e. The van der Waals surface area contributed by atoms with Crippen molar-refractivity contribution in [3.8, 4) is 0 Å². The van der Waals surface area contributed by atoms with Gasteiger partial charge in [0.15, 0.2) is 0 Å². The first-order valence-corrected chi connectivity index (χ1v) is 10.3. The maximum absolute atomic E-state index is 13.4. The average Bonchev–Trinajstić information content (AvgIpc) is 2.68. The van der Waals surface area contributed by atoms with Gasteiger partial charge in [-0.25, -0.2) is 9.78 Å². The summed E-state index contributed by atoms with van der Waals surface area (Å²) >= 11 is 7.26. The number of nitrogens with zero attached hydrogens (tertiary/aromatic N) is 2. The Morgan fingerprint density at radius 3 is 2.35 bits per heavy atom. The van der Waals surface area contributed by atoms with Crippen LogP contribution >= 0.6 is 23.5 Å². The summed E-state index contributed by atoms with van der Waals surface area (Å²) in [6.45, 7) is 3.38. The topological polar surface area (TPSA) is 53.4 Å². The van der Waals surface area contributed by atoms with Gasteiger partial charge in [0.25, 0.3) is 0 Å². The van der Waals surface area contributed by atoms with Gasteiger partial charge >= 0.3 is 12.1 Å². The van der Waals surface area contributed by atoms with E-state index in [0.717, 1.165) is 11.6 Å². The van der Waals surface area contributed by atoms with Gasteiger partial charge in [0.1, 0.15) is 5.82 Å². The number of carboxylic acid groups (broad SMARTS) is 1. The van der Waals surface area contributed by atoms with E-state index in [2.05, 4.69) is 4.98 Å². The number of hydrogen-bond donors (Lipinski definition) is 1. The molecule has 0 radical (unpaired) electrons. The van der Waals surface area contributed by atoms with E-state index in [1.165, 1.54) is 43.3 Å². The molecule has 3 aromatic rings. The first kappa shape index (κ1) is 23.0. The second-order valence-electron chi connectivity index (χ2n) is 6.90. The number of carboxylic acids is 1. The fraction of sp³-hybridized carbons (Fsp3) is 0.182. The van der Waals surface area contributed by atoms with Gasteiger partial charge in [0.2, 0.25) is 0 Å². The molecule has 0 atom stereocenters. The zero-order valence-electron chi connectivity index (χ0n) is 16.6. The molecule has 0 saturated heterocycles. The number of anilines is 1. The minimum atomic E-state index is -4.45. The number of aryl methyl sites for hydroxylation is 2. The normalized spacial score (nSPS) is 11.4. The number of rotatable bonds is 6. The van der Waals surface area contributed by atoms with Gasteiger partial charge in [0.05, 0.1) is 22.7 Å². The lowest BCUT2D eigenvalue weighted by molar-refractivity contribution is -0.138. The molecule has 0 amide bonds. The molecule has 162 valence electrons. The molecule has 31 heavy (non-hydrogen) atoms.